The molecule has 0 aromatic heterocycles. The van der Waals surface area contributed by atoms with Gasteiger partial charge in [0.15, 0.2) is 17.4 Å². The zero-order valence-corrected chi connectivity index (χ0v) is 14.9. The first kappa shape index (κ1) is 18.8. The smallest absolute Gasteiger partial charge is 0.294 e. The Morgan fingerprint density at radius 1 is 0.964 bits per heavy atom. The fourth-order valence-electron chi connectivity index (χ4n) is 2.83. The van der Waals surface area contributed by atoms with Crippen molar-refractivity contribution in [3.63, 3.8) is 0 Å². The number of carbonyl (C=O) groups excluding carboxylic acids is 3. The molecule has 9 nitrogen and oxygen atoms in total. The molecule has 2 aromatic carbocycles. The van der Waals surface area contributed by atoms with E-state index < -0.39 is 22.4 Å². The van der Waals surface area contributed by atoms with Crippen LogP contribution in [-0.4, -0.2) is 22.4 Å². The largest absolute Gasteiger partial charge is 0.302 e. The topological polar surface area (TPSA) is 122 Å². The van der Waals surface area contributed by atoms with Crippen molar-refractivity contribution in [2.45, 2.75) is 13.8 Å². The number of ketones is 2. The molecule has 1 aliphatic rings. The maximum atomic E-state index is 12.0. The van der Waals surface area contributed by atoms with Gasteiger partial charge < -0.3 is 0 Å². The average Bonchev–Trinajstić information content (AvgIpc) is 3.04. The van der Waals surface area contributed by atoms with Crippen LogP contribution in [0.1, 0.15) is 24.2 Å². The van der Waals surface area contributed by atoms with Crippen LogP contribution in [-0.2, 0) is 9.59 Å². The first-order chi connectivity index (χ1) is 13.3. The molecule has 9 heteroatoms. The van der Waals surface area contributed by atoms with E-state index in [2.05, 4.69) is 10.2 Å². The zero-order chi connectivity index (χ0) is 20.4. The average molecular weight is 378 g/mol. The molecule has 0 fully saturated rings. The number of nitrogens with zero attached hydrogens (tertiary/aromatic N) is 4. The number of amides is 1. The number of hydrogen-bond donors (Lipinski definition) is 0. The van der Waals surface area contributed by atoms with E-state index in [0.717, 1.165) is 0 Å². The molecule has 3 rings (SSSR count). The molecule has 2 aromatic rings. The maximum Gasteiger partial charge on any atom is 0.302 e. The molecule has 28 heavy (non-hydrogen) atoms. The number of Topliss-reactive ketones (excluding diaryl/α,β-unsaturated/α-hetero) is 2. The third kappa shape index (κ3) is 3.32. The summed E-state index contributed by atoms with van der Waals surface area (Å²) in [5.41, 5.74) is 0.216. The van der Waals surface area contributed by atoms with Gasteiger partial charge in [0, 0.05) is 17.4 Å². The van der Waals surface area contributed by atoms with E-state index in [1.54, 1.807) is 30.3 Å². The molecular weight excluding hydrogens is 364 g/mol. The fourth-order valence-corrected chi connectivity index (χ4v) is 2.83. The predicted molar refractivity (Wildman–Crippen MR) is 99.3 cm³/mol. The zero-order valence-electron chi connectivity index (χ0n) is 14.9. The van der Waals surface area contributed by atoms with Crippen molar-refractivity contribution in [1.29, 1.82) is 0 Å². The molecular formula is C19H14N4O5. The van der Waals surface area contributed by atoms with Crippen LogP contribution < -0.4 is 4.90 Å². The number of rotatable bonds is 6. The Morgan fingerprint density at radius 2 is 1.64 bits per heavy atom. The SMILES string of the molecule is CC(=O)C1=C(N(c2ccccc2)c2ccc([N+](=O)[O-])c(C(C)=O)c2)N=NC1=O. The monoisotopic (exact) mass is 378 g/mol. The molecule has 0 atom stereocenters. The van der Waals surface area contributed by atoms with E-state index >= 15 is 0 Å². The molecule has 0 spiro atoms. The first-order valence-corrected chi connectivity index (χ1v) is 8.17. The van der Waals surface area contributed by atoms with Gasteiger partial charge in [0.1, 0.15) is 5.57 Å². The highest BCUT2D eigenvalue weighted by atomic mass is 16.6. The normalized spacial score (nSPS) is 13.0. The van der Waals surface area contributed by atoms with Crippen molar-refractivity contribution in [1.82, 2.24) is 0 Å². The van der Waals surface area contributed by atoms with Gasteiger partial charge in [-0.1, -0.05) is 18.2 Å². The third-order valence-electron chi connectivity index (χ3n) is 4.07. The molecule has 0 unspecified atom stereocenters. The highest BCUT2D eigenvalue weighted by Crippen LogP contribution is 2.36. The molecule has 0 bridgehead atoms. The lowest BCUT2D eigenvalue weighted by Gasteiger charge is -2.24. The maximum absolute atomic E-state index is 12.0. The van der Waals surface area contributed by atoms with E-state index in [4.69, 9.17) is 0 Å². The Labute approximate surface area is 159 Å². The number of azo groups is 1. The lowest BCUT2D eigenvalue weighted by atomic mass is 10.1. The Bertz CT molecular complexity index is 1070. The molecule has 140 valence electrons. The summed E-state index contributed by atoms with van der Waals surface area (Å²) in [6.07, 6.45) is 0. The Balaban J connectivity index is 2.28. The van der Waals surface area contributed by atoms with Gasteiger partial charge in [-0.05, 0) is 38.1 Å². The summed E-state index contributed by atoms with van der Waals surface area (Å²) in [5.74, 6) is -1.78. The highest BCUT2D eigenvalue weighted by Gasteiger charge is 2.31. The number of hydrogen-bond acceptors (Lipinski definition) is 7. The van der Waals surface area contributed by atoms with Crippen LogP contribution in [0.5, 0.6) is 0 Å². The molecule has 0 saturated carbocycles. The lowest BCUT2D eigenvalue weighted by molar-refractivity contribution is -0.385. The van der Waals surface area contributed by atoms with Crippen molar-refractivity contribution in [2.24, 2.45) is 10.2 Å². The van der Waals surface area contributed by atoms with Crippen LogP contribution in [0, 0.1) is 10.1 Å². The Kier molecular flexibility index (Phi) is 4.90. The Morgan fingerprint density at radius 3 is 2.21 bits per heavy atom. The summed E-state index contributed by atoms with van der Waals surface area (Å²) in [4.78, 5) is 48.0. The second-order valence-corrected chi connectivity index (χ2v) is 5.95. The van der Waals surface area contributed by atoms with Crippen molar-refractivity contribution in [3.8, 4) is 0 Å². The van der Waals surface area contributed by atoms with E-state index in [9.17, 15) is 24.5 Å². The van der Waals surface area contributed by atoms with E-state index in [1.807, 2.05) is 0 Å². The van der Waals surface area contributed by atoms with Crippen molar-refractivity contribution in [3.05, 3.63) is 75.6 Å². The van der Waals surface area contributed by atoms with Crippen LogP contribution in [0.3, 0.4) is 0 Å². The molecule has 1 heterocycles. The summed E-state index contributed by atoms with van der Waals surface area (Å²) in [5, 5.41) is 18.5. The summed E-state index contributed by atoms with van der Waals surface area (Å²) in [6.45, 7) is 2.45. The summed E-state index contributed by atoms with van der Waals surface area (Å²) >= 11 is 0. The van der Waals surface area contributed by atoms with E-state index in [-0.39, 0.29) is 22.6 Å². The van der Waals surface area contributed by atoms with Gasteiger partial charge in [-0.15, -0.1) is 10.2 Å². The van der Waals surface area contributed by atoms with Gasteiger partial charge in [-0.25, -0.2) is 0 Å². The second-order valence-electron chi connectivity index (χ2n) is 5.95. The molecule has 1 amide bonds. The van der Waals surface area contributed by atoms with Crippen LogP contribution >= 0.6 is 0 Å². The van der Waals surface area contributed by atoms with Crippen LogP contribution in [0.15, 0.2) is 70.2 Å². The van der Waals surface area contributed by atoms with Gasteiger partial charge in [-0.3, -0.25) is 29.4 Å². The van der Waals surface area contributed by atoms with Gasteiger partial charge in [0.05, 0.1) is 10.5 Å². The molecule has 0 aliphatic carbocycles. The fraction of sp³-hybridized carbons (Fsp3) is 0.105. The quantitative estimate of drug-likeness (QED) is 0.327. The van der Waals surface area contributed by atoms with E-state index in [1.165, 1.54) is 36.9 Å². The minimum absolute atomic E-state index is 0.00736. The van der Waals surface area contributed by atoms with Crippen molar-refractivity contribution in [2.75, 3.05) is 4.90 Å². The number of nitro groups is 1. The van der Waals surface area contributed by atoms with Gasteiger partial charge in [-0.2, -0.15) is 0 Å². The molecule has 0 N–H and O–H groups in total. The minimum Gasteiger partial charge on any atom is -0.294 e. The van der Waals surface area contributed by atoms with E-state index in [0.29, 0.717) is 11.4 Å². The predicted octanol–water partition coefficient (Wildman–Crippen LogP) is 3.73. The first-order valence-electron chi connectivity index (χ1n) is 8.17. The van der Waals surface area contributed by atoms with Crippen LogP contribution in [0.2, 0.25) is 0 Å². The molecule has 0 radical (unpaired) electrons. The number of anilines is 2. The molecule has 0 saturated heterocycles. The van der Waals surface area contributed by atoms with Gasteiger partial charge in [0.25, 0.3) is 5.69 Å². The van der Waals surface area contributed by atoms with Crippen molar-refractivity contribution >= 4 is 34.5 Å². The number of carbonyl (C=O) groups is 3. The second kappa shape index (κ2) is 7.31. The Hall–Kier alpha value is -4.01. The van der Waals surface area contributed by atoms with Gasteiger partial charge >= 0.3 is 5.91 Å². The molecule has 1 aliphatic heterocycles. The third-order valence-corrected chi connectivity index (χ3v) is 4.07. The number of benzene rings is 2. The summed E-state index contributed by atoms with van der Waals surface area (Å²) < 4.78 is 0. The minimum atomic E-state index is -0.767. The highest BCUT2D eigenvalue weighted by molar-refractivity contribution is 6.20. The number of para-hydroxylation sites is 1. The van der Waals surface area contributed by atoms with Crippen LogP contribution in [0.25, 0.3) is 0 Å². The lowest BCUT2D eigenvalue weighted by Crippen LogP contribution is -2.19. The van der Waals surface area contributed by atoms with Gasteiger partial charge in [0.2, 0.25) is 0 Å². The van der Waals surface area contributed by atoms with Crippen LogP contribution in [0.4, 0.5) is 17.1 Å². The summed E-state index contributed by atoms with van der Waals surface area (Å²) in [6, 6.07) is 12.6. The standard InChI is InChI=1S/C19H14N4O5/c1-11(24)15-10-14(8-9-16(15)23(27)28)22(13-6-4-3-5-7-13)18-17(12(2)25)19(26)21-20-18/h3-10H,1-2H3. The summed E-state index contributed by atoms with van der Waals surface area (Å²) in [7, 11) is 0. The van der Waals surface area contributed by atoms with Crippen molar-refractivity contribution < 1.29 is 19.3 Å². The number of nitro benzene ring substituents is 1.